The molecule has 2 aromatic rings. The van der Waals surface area contributed by atoms with Gasteiger partial charge in [0.2, 0.25) is 0 Å². The molecule has 0 radical (unpaired) electrons. The van der Waals surface area contributed by atoms with Crippen molar-refractivity contribution >= 4 is 29.2 Å². The van der Waals surface area contributed by atoms with Crippen molar-refractivity contribution in [3.8, 4) is 17.6 Å². The van der Waals surface area contributed by atoms with Crippen molar-refractivity contribution in [3.05, 3.63) is 51.5 Å². The number of hydrogen-bond donors (Lipinski definition) is 1. The van der Waals surface area contributed by atoms with Crippen LogP contribution < -0.4 is 4.74 Å². The first-order valence-corrected chi connectivity index (χ1v) is 9.22. The average Bonchev–Trinajstić information content (AvgIpc) is 2.64. The van der Waals surface area contributed by atoms with E-state index in [1.54, 1.807) is 26.0 Å². The van der Waals surface area contributed by atoms with E-state index in [0.29, 0.717) is 28.0 Å². The Morgan fingerprint density at radius 2 is 1.85 bits per heavy atom. The molecule has 0 unspecified atom stereocenters. The van der Waals surface area contributed by atoms with E-state index < -0.39 is 11.4 Å². The second-order valence-corrected chi connectivity index (χ2v) is 7.18. The Morgan fingerprint density at radius 3 is 2.52 bits per heavy atom. The minimum absolute atomic E-state index is 0.264. The molecular weight excluding hydrogens is 387 g/mol. The van der Waals surface area contributed by atoms with Crippen LogP contribution in [0.3, 0.4) is 0 Å². The number of carbonyl (C=O) groups is 1. The molecule has 0 aliphatic rings. The summed E-state index contributed by atoms with van der Waals surface area (Å²) in [5.74, 6) is 5.20. The molecule has 7 heteroatoms. The molecule has 0 aliphatic heterocycles. The van der Waals surface area contributed by atoms with Gasteiger partial charge in [0, 0.05) is 12.4 Å². The standard InChI is InChI=1S/C20H20Cl2N2O3/c1-4-5-12-27-17-13(14(21)7-8-15(17)22)6-9-16-18(24-11-10-23-16)20(2,3)19(25)26/h7-8,10-11H,4-5,12H2,1-3H3,(H,25,26). The van der Waals surface area contributed by atoms with Crippen LogP contribution in [0, 0.1) is 11.8 Å². The van der Waals surface area contributed by atoms with Gasteiger partial charge in [0.25, 0.3) is 0 Å². The molecule has 0 amide bonds. The van der Waals surface area contributed by atoms with Gasteiger partial charge in [0.15, 0.2) is 5.75 Å². The number of hydrogen-bond acceptors (Lipinski definition) is 4. The zero-order valence-electron chi connectivity index (χ0n) is 15.3. The van der Waals surface area contributed by atoms with Crippen LogP contribution >= 0.6 is 23.2 Å². The average molecular weight is 407 g/mol. The summed E-state index contributed by atoms with van der Waals surface area (Å²) in [6.07, 6.45) is 4.75. The molecule has 0 atom stereocenters. The van der Waals surface area contributed by atoms with Crippen LogP contribution in [0.5, 0.6) is 5.75 Å². The third-order valence-electron chi connectivity index (χ3n) is 3.93. The van der Waals surface area contributed by atoms with Crippen LogP contribution in [-0.2, 0) is 10.2 Å². The number of benzene rings is 1. The summed E-state index contributed by atoms with van der Waals surface area (Å²) in [6, 6.07) is 3.29. The van der Waals surface area contributed by atoms with E-state index in [1.165, 1.54) is 12.4 Å². The van der Waals surface area contributed by atoms with Crippen molar-refractivity contribution in [3.63, 3.8) is 0 Å². The maximum Gasteiger partial charge on any atom is 0.315 e. The molecule has 27 heavy (non-hydrogen) atoms. The number of aromatic nitrogens is 2. The minimum atomic E-state index is -1.24. The smallest absolute Gasteiger partial charge is 0.315 e. The highest BCUT2D eigenvalue weighted by atomic mass is 35.5. The summed E-state index contributed by atoms with van der Waals surface area (Å²) in [4.78, 5) is 19.9. The molecule has 2 rings (SSSR count). The third kappa shape index (κ3) is 4.91. The van der Waals surface area contributed by atoms with Crippen molar-refractivity contribution in [1.29, 1.82) is 0 Å². The van der Waals surface area contributed by atoms with Gasteiger partial charge in [-0.2, -0.15) is 0 Å². The van der Waals surface area contributed by atoms with Crippen LogP contribution in [0.4, 0.5) is 0 Å². The summed E-state index contributed by atoms with van der Waals surface area (Å²) in [5.41, 5.74) is -0.265. The predicted octanol–water partition coefficient (Wildman–Crippen LogP) is 4.72. The Morgan fingerprint density at radius 1 is 1.19 bits per heavy atom. The quantitative estimate of drug-likeness (QED) is 0.554. The molecule has 142 valence electrons. The number of unbranched alkanes of at least 4 members (excludes halogenated alkanes) is 1. The highest BCUT2D eigenvalue weighted by molar-refractivity contribution is 6.35. The lowest BCUT2D eigenvalue weighted by Crippen LogP contribution is -2.31. The van der Waals surface area contributed by atoms with E-state index >= 15 is 0 Å². The molecule has 0 saturated carbocycles. The molecule has 0 saturated heterocycles. The van der Waals surface area contributed by atoms with Crippen molar-refractivity contribution in [2.45, 2.75) is 39.0 Å². The monoisotopic (exact) mass is 406 g/mol. The first-order valence-electron chi connectivity index (χ1n) is 8.46. The maximum atomic E-state index is 11.6. The number of ether oxygens (including phenoxy) is 1. The van der Waals surface area contributed by atoms with Gasteiger partial charge in [0.1, 0.15) is 11.1 Å². The van der Waals surface area contributed by atoms with E-state index in [0.717, 1.165) is 12.8 Å². The first kappa shape index (κ1) is 21.0. The Kier molecular flexibility index (Phi) is 7.06. The number of carboxylic acid groups (broad SMARTS) is 1. The number of rotatable bonds is 6. The van der Waals surface area contributed by atoms with Crippen LogP contribution in [-0.4, -0.2) is 27.7 Å². The SMILES string of the molecule is CCCCOc1c(Cl)ccc(Cl)c1C#Cc1nccnc1C(C)(C)C(=O)O. The number of nitrogens with zero attached hydrogens (tertiary/aromatic N) is 2. The fourth-order valence-electron chi connectivity index (χ4n) is 2.22. The highest BCUT2D eigenvalue weighted by Crippen LogP contribution is 2.34. The lowest BCUT2D eigenvalue weighted by Gasteiger charge is -2.18. The van der Waals surface area contributed by atoms with Gasteiger partial charge in [-0.1, -0.05) is 42.5 Å². The molecule has 0 fully saturated rings. The van der Waals surface area contributed by atoms with Gasteiger partial charge in [-0.3, -0.25) is 9.78 Å². The van der Waals surface area contributed by atoms with E-state index in [2.05, 4.69) is 28.7 Å². The molecule has 0 aliphatic carbocycles. The lowest BCUT2D eigenvalue weighted by atomic mass is 9.88. The van der Waals surface area contributed by atoms with Gasteiger partial charge in [-0.05, 0) is 38.3 Å². The van der Waals surface area contributed by atoms with Crippen LogP contribution in [0.2, 0.25) is 10.0 Å². The van der Waals surface area contributed by atoms with E-state index in [-0.39, 0.29) is 11.4 Å². The Labute approximate surface area is 168 Å². The van der Waals surface area contributed by atoms with E-state index in [1.807, 2.05) is 0 Å². The summed E-state index contributed by atoms with van der Waals surface area (Å²) in [6.45, 7) is 5.66. The number of halogens is 2. The van der Waals surface area contributed by atoms with Crippen LogP contribution in [0.1, 0.15) is 50.6 Å². The molecule has 0 spiro atoms. The van der Waals surface area contributed by atoms with Gasteiger partial charge >= 0.3 is 5.97 Å². The predicted molar refractivity (Wildman–Crippen MR) is 106 cm³/mol. The van der Waals surface area contributed by atoms with E-state index in [4.69, 9.17) is 27.9 Å². The first-order chi connectivity index (χ1) is 12.8. The fraction of sp³-hybridized carbons (Fsp3) is 0.350. The van der Waals surface area contributed by atoms with Crippen LogP contribution in [0.25, 0.3) is 0 Å². The van der Waals surface area contributed by atoms with Gasteiger partial charge in [-0.25, -0.2) is 4.98 Å². The fourth-order valence-corrected chi connectivity index (χ4v) is 2.63. The Balaban J connectivity index is 2.51. The second-order valence-electron chi connectivity index (χ2n) is 6.37. The molecule has 1 aromatic carbocycles. The van der Waals surface area contributed by atoms with Gasteiger partial charge in [-0.15, -0.1) is 0 Å². The molecule has 1 N–H and O–H groups in total. The zero-order chi connectivity index (χ0) is 20.0. The Hall–Kier alpha value is -2.29. The van der Waals surface area contributed by atoms with Crippen molar-refractivity contribution in [1.82, 2.24) is 9.97 Å². The number of carboxylic acids is 1. The van der Waals surface area contributed by atoms with Gasteiger partial charge in [0.05, 0.1) is 27.9 Å². The van der Waals surface area contributed by atoms with Crippen molar-refractivity contribution in [2.75, 3.05) is 6.61 Å². The highest BCUT2D eigenvalue weighted by Gasteiger charge is 2.33. The topological polar surface area (TPSA) is 72.3 Å². The summed E-state index contributed by atoms with van der Waals surface area (Å²) in [7, 11) is 0. The van der Waals surface area contributed by atoms with Crippen LogP contribution in [0.15, 0.2) is 24.5 Å². The third-order valence-corrected chi connectivity index (χ3v) is 4.55. The summed E-state index contributed by atoms with van der Waals surface area (Å²) < 4.78 is 5.76. The van der Waals surface area contributed by atoms with E-state index in [9.17, 15) is 9.90 Å². The van der Waals surface area contributed by atoms with Gasteiger partial charge < -0.3 is 9.84 Å². The Bertz CT molecular complexity index is 902. The minimum Gasteiger partial charge on any atom is -0.491 e. The number of aliphatic carboxylic acids is 1. The molecule has 0 bridgehead atoms. The largest absolute Gasteiger partial charge is 0.491 e. The molecular formula is C20H20Cl2N2O3. The second kappa shape index (κ2) is 9.07. The molecule has 1 aromatic heterocycles. The van der Waals surface area contributed by atoms with Crippen molar-refractivity contribution in [2.24, 2.45) is 0 Å². The summed E-state index contributed by atoms with van der Waals surface area (Å²) >= 11 is 12.5. The van der Waals surface area contributed by atoms with Crippen molar-refractivity contribution < 1.29 is 14.6 Å². The maximum absolute atomic E-state index is 11.6. The summed E-state index contributed by atoms with van der Waals surface area (Å²) in [5, 5.41) is 10.3. The zero-order valence-corrected chi connectivity index (χ0v) is 16.9. The molecule has 1 heterocycles. The lowest BCUT2D eigenvalue weighted by molar-refractivity contribution is -0.142. The normalized spacial score (nSPS) is 10.9. The molecule has 5 nitrogen and oxygen atoms in total.